The number of guanidine groups is 2. The molecule has 28 heteroatoms. The highest BCUT2D eigenvalue weighted by Gasteiger charge is 2.37. The van der Waals surface area contributed by atoms with Crippen molar-refractivity contribution in [2.75, 3.05) is 24.6 Å². The van der Waals surface area contributed by atoms with Gasteiger partial charge in [-0.1, -0.05) is 48.5 Å². The molecule has 2 aromatic heterocycles. The molecule has 4 aromatic rings. The van der Waals surface area contributed by atoms with Crippen LogP contribution < -0.4 is 65.1 Å². The third-order valence-corrected chi connectivity index (χ3v) is 12.5. The summed E-state index contributed by atoms with van der Waals surface area (Å²) in [5, 5.41) is 48.9. The fourth-order valence-electron chi connectivity index (χ4n) is 7.62. The first kappa shape index (κ1) is 60.7. The second kappa shape index (κ2) is 29.9. The highest BCUT2D eigenvalue weighted by molar-refractivity contribution is 7.80. The van der Waals surface area contributed by atoms with Crippen molar-refractivity contribution in [1.82, 2.24) is 62.8 Å². The van der Waals surface area contributed by atoms with Crippen LogP contribution in [0.3, 0.4) is 0 Å². The smallest absolute Gasteiger partial charge is 0.327 e. The van der Waals surface area contributed by atoms with E-state index in [2.05, 4.69) is 88.1 Å². The summed E-state index contributed by atoms with van der Waals surface area (Å²) in [7, 11) is 0. The highest BCUT2D eigenvalue weighted by Crippen LogP contribution is 2.20. The number of benzene rings is 2. The largest absolute Gasteiger partial charge is 0.480 e. The maximum absolute atomic E-state index is 14.6. The number of carbonyl (C=O) groups excluding carboxylic acids is 7. The molecule has 0 saturated heterocycles. The minimum atomic E-state index is -1.73. The number of carboxylic acids is 1. The standard InChI is InChI=1S/C48H69N17O9S2/c1-48(2,65-43(71)36(23-75)62-38(66)30(49)13-8-16-55-46(50)51)45(74)64-35(20-28-22-54-25-58-28)42(70)60-33(18-26-10-4-3-5-11-26)40(68)59-32(15-9-17-56-47(52)53)39(67)61-34(41(69)63-37(24-76)44(72)73)19-27-21-57-31-14-7-6-12-29(27)31/h3-7,10-12,14,21-22,25,30,32-37,57,75-76H,8-9,13,15-20,23-24,49H2,1-2H3,(H,54,58)(H,59,68)(H,60,70)(H,61,67)(H,62,66)(H,63,69)(H,64,74)(H,65,71)(H,72,73)(H4,50,51,55)(H4,52,53,56)/t30-,32-,33+,34-,35-,36-,37-/m0/s1. The average Bonchev–Trinajstić information content (AvgIpc) is 4.06. The van der Waals surface area contributed by atoms with E-state index in [1.807, 2.05) is 18.2 Å². The van der Waals surface area contributed by atoms with Gasteiger partial charge in [0, 0.05) is 67.2 Å². The number of fused-ring (bicyclic) bond motifs is 1. The topological polar surface area (TPSA) is 435 Å². The molecule has 2 heterocycles. The van der Waals surface area contributed by atoms with E-state index < -0.39 is 95.2 Å². The Balaban J connectivity index is 1.60. The van der Waals surface area contributed by atoms with Crippen LogP contribution in [0.5, 0.6) is 0 Å². The van der Waals surface area contributed by atoms with Crippen molar-refractivity contribution in [2.45, 2.75) is 107 Å². The second-order valence-corrected chi connectivity index (χ2v) is 19.0. The van der Waals surface area contributed by atoms with Gasteiger partial charge in [-0.3, -0.25) is 44.4 Å². The van der Waals surface area contributed by atoms with Crippen LogP contribution in [0.4, 0.5) is 0 Å². The van der Waals surface area contributed by atoms with Crippen molar-refractivity contribution < 1.29 is 43.5 Å². The van der Waals surface area contributed by atoms with Crippen LogP contribution in [-0.4, -0.2) is 152 Å². The second-order valence-electron chi connectivity index (χ2n) is 18.2. The number of nitrogens with one attached hydrogen (secondary N) is 13. The number of rotatable bonds is 31. The molecule has 2 aromatic carbocycles. The molecule has 0 aliphatic rings. The summed E-state index contributed by atoms with van der Waals surface area (Å²) >= 11 is 8.29. The highest BCUT2D eigenvalue weighted by atomic mass is 32.1. The third-order valence-electron chi connectivity index (χ3n) is 11.8. The van der Waals surface area contributed by atoms with Gasteiger partial charge in [0.1, 0.15) is 41.8 Å². The van der Waals surface area contributed by atoms with E-state index in [4.69, 9.17) is 28.0 Å². The molecule has 0 bridgehead atoms. The Morgan fingerprint density at radius 1 is 0.645 bits per heavy atom. The van der Waals surface area contributed by atoms with Gasteiger partial charge in [-0.25, -0.2) is 9.78 Å². The zero-order chi connectivity index (χ0) is 56.0. The molecule has 0 unspecified atom stereocenters. The number of carbonyl (C=O) groups is 8. The van der Waals surface area contributed by atoms with Crippen LogP contribution in [0.25, 0.3) is 10.9 Å². The number of imidazole rings is 1. The van der Waals surface area contributed by atoms with Gasteiger partial charge in [-0.15, -0.1) is 0 Å². The fraction of sp³-hybridized carbons (Fsp3) is 0.438. The first-order valence-electron chi connectivity index (χ1n) is 24.2. The predicted molar refractivity (Wildman–Crippen MR) is 290 cm³/mol. The summed E-state index contributed by atoms with van der Waals surface area (Å²) in [6.45, 7) is 3.15. The molecule has 412 valence electrons. The lowest BCUT2D eigenvalue weighted by atomic mass is 10.0. The minimum absolute atomic E-state index is 0.0805. The van der Waals surface area contributed by atoms with Crippen LogP contribution in [0.15, 0.2) is 73.3 Å². The van der Waals surface area contributed by atoms with E-state index in [0.29, 0.717) is 29.8 Å². The SMILES string of the molecule is CC(C)(NC(=O)[C@H](CS)NC(=O)[C@@H](N)CCCNC(=N)N)C(=O)N[C@@H](Cc1c[nH]cn1)C(=O)N[C@H](Cc1ccccc1)C(=O)N[C@@H](CCCNC(=N)N)C(=O)N[C@@H](Cc1c[nH]c2ccccc12)C(=O)N[C@@H](CS)C(=O)O. The minimum Gasteiger partial charge on any atom is -0.480 e. The average molecular weight is 1090 g/mol. The number of H-pyrrole nitrogens is 2. The number of amides is 7. The molecule has 76 heavy (non-hydrogen) atoms. The Morgan fingerprint density at radius 3 is 1.75 bits per heavy atom. The van der Waals surface area contributed by atoms with Gasteiger partial charge in [0.15, 0.2) is 11.9 Å². The summed E-state index contributed by atoms with van der Waals surface area (Å²) < 4.78 is 0. The zero-order valence-electron chi connectivity index (χ0n) is 42.0. The molecular formula is C48H69N17O9S2. The Morgan fingerprint density at radius 2 is 1.17 bits per heavy atom. The number of aromatic nitrogens is 3. The van der Waals surface area contributed by atoms with Crippen LogP contribution in [-0.2, 0) is 57.6 Å². The van der Waals surface area contributed by atoms with Crippen molar-refractivity contribution in [1.29, 1.82) is 10.8 Å². The number of nitrogens with two attached hydrogens (primary N) is 3. The predicted octanol–water partition coefficient (Wildman–Crippen LogP) is -2.48. The molecule has 7 atom stereocenters. The number of hydrogen-bond donors (Lipinski definition) is 19. The Hall–Kier alpha value is -7.85. The fourth-order valence-corrected chi connectivity index (χ4v) is 8.13. The molecule has 0 fully saturated rings. The third kappa shape index (κ3) is 19.4. The lowest BCUT2D eigenvalue weighted by Gasteiger charge is -2.30. The van der Waals surface area contributed by atoms with Crippen molar-refractivity contribution in [3.05, 3.63) is 90.1 Å². The van der Waals surface area contributed by atoms with E-state index in [-0.39, 0.29) is 68.5 Å². The Bertz CT molecular complexity index is 2640. The van der Waals surface area contributed by atoms with Crippen molar-refractivity contribution >= 4 is 95.4 Å². The van der Waals surface area contributed by atoms with Gasteiger partial charge < -0.3 is 80.1 Å². The summed E-state index contributed by atoms with van der Waals surface area (Å²) in [6, 6.07) is 6.58. The molecule has 26 nitrogen and oxygen atoms in total. The normalized spacial score (nSPS) is 14.0. The molecule has 20 N–H and O–H groups in total. The van der Waals surface area contributed by atoms with E-state index in [9.17, 15) is 43.5 Å². The van der Waals surface area contributed by atoms with Crippen LogP contribution >= 0.6 is 25.3 Å². The van der Waals surface area contributed by atoms with Gasteiger partial charge in [0.05, 0.1) is 18.1 Å². The quantitative estimate of drug-likeness (QED) is 0.0107. The summed E-state index contributed by atoms with van der Waals surface area (Å²) in [4.78, 5) is 120. The lowest BCUT2D eigenvalue weighted by Crippen LogP contribution is -2.63. The van der Waals surface area contributed by atoms with Gasteiger partial charge in [0.25, 0.3) is 0 Å². The molecule has 0 aliphatic heterocycles. The Kier molecular flexibility index (Phi) is 23.9. The van der Waals surface area contributed by atoms with Crippen molar-refractivity contribution in [3.63, 3.8) is 0 Å². The number of para-hydroxylation sites is 1. The maximum atomic E-state index is 14.6. The zero-order valence-corrected chi connectivity index (χ0v) is 43.8. The van der Waals surface area contributed by atoms with Gasteiger partial charge in [-0.05, 0) is 56.7 Å². The number of aromatic amines is 2. The molecule has 0 radical (unpaired) electrons. The van der Waals surface area contributed by atoms with Crippen LogP contribution in [0.2, 0.25) is 0 Å². The molecule has 7 amide bonds. The molecule has 0 saturated carbocycles. The molecule has 0 aliphatic carbocycles. The van der Waals surface area contributed by atoms with E-state index in [1.54, 1.807) is 42.6 Å². The summed E-state index contributed by atoms with van der Waals surface area (Å²) in [5.41, 5.74) is 17.4. The number of aliphatic carboxylic acids is 1. The van der Waals surface area contributed by atoms with Crippen LogP contribution in [0.1, 0.15) is 56.4 Å². The Labute approximate surface area is 449 Å². The van der Waals surface area contributed by atoms with Gasteiger partial charge in [-0.2, -0.15) is 25.3 Å². The summed E-state index contributed by atoms with van der Waals surface area (Å²) in [5.74, 6) is -8.04. The first-order valence-corrected chi connectivity index (χ1v) is 25.5. The maximum Gasteiger partial charge on any atom is 0.327 e. The number of carboxylic acid groups (broad SMARTS) is 1. The monoisotopic (exact) mass is 1090 g/mol. The number of hydrogen-bond acceptors (Lipinski definition) is 14. The lowest BCUT2D eigenvalue weighted by molar-refractivity contribution is -0.141. The summed E-state index contributed by atoms with van der Waals surface area (Å²) in [6.07, 6.45) is 4.77. The number of thiol groups is 2. The number of nitrogens with zero attached hydrogens (tertiary/aromatic N) is 1. The molecular weight excluding hydrogens is 1020 g/mol. The van der Waals surface area contributed by atoms with Gasteiger partial charge in [0.2, 0.25) is 41.4 Å². The first-order chi connectivity index (χ1) is 36.1. The van der Waals surface area contributed by atoms with Crippen LogP contribution in [0, 0.1) is 10.8 Å². The molecule has 0 spiro atoms. The molecule has 4 rings (SSSR count). The van der Waals surface area contributed by atoms with E-state index in [1.165, 1.54) is 26.4 Å². The van der Waals surface area contributed by atoms with Crippen molar-refractivity contribution in [3.8, 4) is 0 Å². The van der Waals surface area contributed by atoms with E-state index in [0.717, 1.165) is 10.9 Å². The van der Waals surface area contributed by atoms with Gasteiger partial charge >= 0.3 is 5.97 Å². The van der Waals surface area contributed by atoms with E-state index >= 15 is 0 Å². The van der Waals surface area contributed by atoms with Crippen molar-refractivity contribution in [2.24, 2.45) is 17.2 Å².